The quantitative estimate of drug-likeness (QED) is 0.288. The van der Waals surface area contributed by atoms with Crippen LogP contribution in [0.25, 0.3) is 10.2 Å². The van der Waals surface area contributed by atoms with Crippen molar-refractivity contribution in [2.45, 2.75) is 44.0 Å². The second-order valence-corrected chi connectivity index (χ2v) is 12.1. The molecule has 198 valence electrons. The lowest BCUT2D eigenvalue weighted by Crippen LogP contribution is -2.32. The topological polar surface area (TPSA) is 92.7 Å². The molecule has 5 rings (SSSR count). The van der Waals surface area contributed by atoms with Crippen LogP contribution >= 0.6 is 11.3 Å². The van der Waals surface area contributed by atoms with E-state index in [0.717, 1.165) is 35.9 Å². The summed E-state index contributed by atoms with van der Waals surface area (Å²) < 4.78 is 34.6. The zero-order chi connectivity index (χ0) is 26.5. The fourth-order valence-corrected chi connectivity index (χ4v) is 7.05. The number of carbonyl (C=O) groups excluding carboxylic acids is 1. The van der Waals surface area contributed by atoms with Gasteiger partial charge in [0.15, 0.2) is 5.13 Å². The highest BCUT2D eigenvalue weighted by atomic mass is 32.2. The third kappa shape index (κ3) is 5.57. The van der Waals surface area contributed by atoms with Gasteiger partial charge in [-0.05, 0) is 67.8 Å². The lowest BCUT2D eigenvalue weighted by Gasteiger charge is -2.21. The summed E-state index contributed by atoms with van der Waals surface area (Å²) in [5.74, 6) is 0.397. The van der Waals surface area contributed by atoms with Gasteiger partial charge >= 0.3 is 0 Å². The number of fused-ring (bicyclic) bond motifs is 1. The molecule has 1 fully saturated rings. The van der Waals surface area contributed by atoms with E-state index >= 15 is 0 Å². The molecule has 0 spiro atoms. The Labute approximate surface area is 227 Å². The van der Waals surface area contributed by atoms with Crippen molar-refractivity contribution in [3.8, 4) is 5.75 Å². The van der Waals surface area contributed by atoms with Gasteiger partial charge in [-0.3, -0.25) is 14.7 Å². The van der Waals surface area contributed by atoms with E-state index in [4.69, 9.17) is 9.72 Å². The van der Waals surface area contributed by atoms with Gasteiger partial charge < -0.3 is 4.74 Å². The Kier molecular flexibility index (Phi) is 8.01. The number of benzene rings is 2. The van der Waals surface area contributed by atoms with Crippen LogP contribution in [-0.4, -0.2) is 48.3 Å². The minimum Gasteiger partial charge on any atom is -0.492 e. The largest absolute Gasteiger partial charge is 0.492 e. The maximum atomic E-state index is 13.8. The third-order valence-electron chi connectivity index (χ3n) is 6.51. The molecule has 0 radical (unpaired) electrons. The highest BCUT2D eigenvalue weighted by molar-refractivity contribution is 7.89. The van der Waals surface area contributed by atoms with Gasteiger partial charge in [0, 0.05) is 31.0 Å². The van der Waals surface area contributed by atoms with E-state index in [9.17, 15) is 13.2 Å². The van der Waals surface area contributed by atoms with Crippen molar-refractivity contribution < 1.29 is 17.9 Å². The number of hydrogen-bond donors (Lipinski definition) is 0. The summed E-state index contributed by atoms with van der Waals surface area (Å²) in [5.41, 5.74) is 1.94. The molecule has 2 aromatic carbocycles. The van der Waals surface area contributed by atoms with Gasteiger partial charge in [-0.25, -0.2) is 13.4 Å². The van der Waals surface area contributed by atoms with Gasteiger partial charge in [0.05, 0.1) is 22.7 Å². The van der Waals surface area contributed by atoms with E-state index in [0.29, 0.717) is 41.7 Å². The Morgan fingerprint density at radius 3 is 2.47 bits per heavy atom. The lowest BCUT2D eigenvalue weighted by atomic mass is 10.2. The van der Waals surface area contributed by atoms with Crippen LogP contribution < -0.4 is 9.64 Å². The highest BCUT2D eigenvalue weighted by Gasteiger charge is 2.27. The number of aromatic nitrogens is 2. The van der Waals surface area contributed by atoms with E-state index in [1.807, 2.05) is 37.3 Å². The maximum Gasteiger partial charge on any atom is 0.260 e. The van der Waals surface area contributed by atoms with E-state index in [1.54, 1.807) is 33.7 Å². The number of carbonyl (C=O) groups is 1. The van der Waals surface area contributed by atoms with E-state index in [2.05, 4.69) is 4.98 Å². The Hall–Kier alpha value is -3.34. The van der Waals surface area contributed by atoms with Gasteiger partial charge in [0.25, 0.3) is 5.91 Å². The van der Waals surface area contributed by atoms with Crippen LogP contribution in [0.4, 0.5) is 5.13 Å². The number of ether oxygens (including phenoxy) is 1. The predicted octanol–water partition coefficient (Wildman–Crippen LogP) is 5.50. The van der Waals surface area contributed by atoms with Crippen LogP contribution in [0.1, 0.15) is 48.5 Å². The molecule has 38 heavy (non-hydrogen) atoms. The first-order chi connectivity index (χ1) is 18.5. The second-order valence-electron chi connectivity index (χ2n) is 9.13. The number of hydrogen-bond acceptors (Lipinski definition) is 7. The standard InChI is InChI=1S/C28H30N4O4S2/c1-2-36-24-10-7-11-25-26(24)30-28(37-25)32(20-21-9-8-16-29-19-21)27(33)22-12-14-23(15-13-22)38(34,35)31-17-5-3-4-6-18-31/h7-16,19H,2-6,17-18,20H2,1H3. The zero-order valence-corrected chi connectivity index (χ0v) is 22.9. The molecule has 3 heterocycles. The number of anilines is 1. The number of nitrogens with zero attached hydrogens (tertiary/aromatic N) is 4. The molecule has 0 aliphatic carbocycles. The minimum atomic E-state index is -3.60. The molecule has 4 aromatic rings. The average Bonchev–Trinajstić information content (AvgIpc) is 3.18. The van der Waals surface area contributed by atoms with Gasteiger partial charge in [-0.1, -0.05) is 36.3 Å². The first kappa shape index (κ1) is 26.3. The van der Waals surface area contributed by atoms with Crippen molar-refractivity contribution in [2.75, 3.05) is 24.6 Å². The summed E-state index contributed by atoms with van der Waals surface area (Å²) in [4.78, 5) is 24.6. The van der Waals surface area contributed by atoms with Crippen LogP contribution in [0.5, 0.6) is 5.75 Å². The SMILES string of the molecule is CCOc1cccc2sc(N(Cc3cccnc3)C(=O)c3ccc(S(=O)(=O)N4CCCCCC4)cc3)nc12. The van der Waals surface area contributed by atoms with E-state index in [-0.39, 0.29) is 17.3 Å². The number of sulfonamides is 1. The molecule has 0 unspecified atom stereocenters. The molecule has 0 N–H and O–H groups in total. The first-order valence-electron chi connectivity index (χ1n) is 12.8. The molecule has 1 saturated heterocycles. The molecule has 2 aromatic heterocycles. The van der Waals surface area contributed by atoms with Crippen LogP contribution in [0.2, 0.25) is 0 Å². The Bertz CT molecular complexity index is 1500. The van der Waals surface area contributed by atoms with Crippen molar-refractivity contribution in [3.05, 3.63) is 78.1 Å². The summed E-state index contributed by atoms with van der Waals surface area (Å²) in [7, 11) is -3.60. The first-order valence-corrected chi connectivity index (χ1v) is 15.1. The summed E-state index contributed by atoms with van der Waals surface area (Å²) in [6.45, 7) is 3.76. The Balaban J connectivity index is 1.47. The van der Waals surface area contributed by atoms with Gasteiger partial charge in [0.2, 0.25) is 10.0 Å². The van der Waals surface area contributed by atoms with Crippen LogP contribution in [0, 0.1) is 0 Å². The predicted molar refractivity (Wildman–Crippen MR) is 149 cm³/mol. The normalized spacial score (nSPS) is 14.8. The fourth-order valence-electron chi connectivity index (χ4n) is 4.56. The van der Waals surface area contributed by atoms with Gasteiger partial charge in [-0.2, -0.15) is 4.31 Å². The lowest BCUT2D eigenvalue weighted by molar-refractivity contribution is 0.0985. The van der Waals surface area contributed by atoms with Crippen molar-refractivity contribution in [3.63, 3.8) is 0 Å². The molecular formula is C28H30N4O4S2. The summed E-state index contributed by atoms with van der Waals surface area (Å²) in [6.07, 6.45) is 7.23. The number of thiazole rings is 1. The fraction of sp³-hybridized carbons (Fsp3) is 0.321. The smallest absolute Gasteiger partial charge is 0.260 e. The minimum absolute atomic E-state index is 0.205. The molecule has 0 saturated carbocycles. The number of para-hydroxylation sites is 1. The van der Waals surface area contributed by atoms with Crippen molar-refractivity contribution in [1.29, 1.82) is 0 Å². The molecule has 1 amide bonds. The number of pyridine rings is 1. The molecule has 1 aliphatic heterocycles. The van der Waals surface area contributed by atoms with Gasteiger partial charge in [0.1, 0.15) is 11.3 Å². The highest BCUT2D eigenvalue weighted by Crippen LogP contribution is 2.35. The van der Waals surface area contributed by atoms with Crippen molar-refractivity contribution in [1.82, 2.24) is 14.3 Å². The molecule has 8 nitrogen and oxygen atoms in total. The summed E-state index contributed by atoms with van der Waals surface area (Å²) in [5, 5.41) is 0.530. The second kappa shape index (κ2) is 11.6. The number of rotatable bonds is 8. The summed E-state index contributed by atoms with van der Waals surface area (Å²) in [6, 6.07) is 15.7. The molecule has 1 aliphatic rings. The van der Waals surface area contributed by atoms with E-state index in [1.165, 1.54) is 23.5 Å². The number of amides is 1. The molecular weight excluding hydrogens is 520 g/mol. The molecule has 0 atom stereocenters. The van der Waals surface area contributed by atoms with Crippen LogP contribution in [0.3, 0.4) is 0 Å². The van der Waals surface area contributed by atoms with E-state index < -0.39 is 10.0 Å². The van der Waals surface area contributed by atoms with Crippen LogP contribution in [0.15, 0.2) is 71.9 Å². The molecule has 0 bridgehead atoms. The Morgan fingerprint density at radius 2 is 1.79 bits per heavy atom. The zero-order valence-electron chi connectivity index (χ0n) is 21.2. The molecule has 10 heteroatoms. The maximum absolute atomic E-state index is 13.8. The van der Waals surface area contributed by atoms with Crippen molar-refractivity contribution >= 4 is 42.6 Å². The Morgan fingerprint density at radius 1 is 1.03 bits per heavy atom. The third-order valence-corrected chi connectivity index (χ3v) is 9.47. The van der Waals surface area contributed by atoms with Crippen LogP contribution in [-0.2, 0) is 16.6 Å². The average molecular weight is 551 g/mol. The monoisotopic (exact) mass is 550 g/mol. The van der Waals surface area contributed by atoms with Gasteiger partial charge in [-0.15, -0.1) is 0 Å². The van der Waals surface area contributed by atoms with Crippen molar-refractivity contribution in [2.24, 2.45) is 0 Å². The summed E-state index contributed by atoms with van der Waals surface area (Å²) >= 11 is 1.41.